The van der Waals surface area contributed by atoms with Gasteiger partial charge in [-0.3, -0.25) is 4.55 Å². The minimum atomic E-state index is -4.01. The molecule has 0 aliphatic carbocycles. The Morgan fingerprint density at radius 1 is 1.43 bits per heavy atom. The Hall–Kier alpha value is -0.470. The van der Waals surface area contributed by atoms with Crippen molar-refractivity contribution in [1.29, 1.82) is 0 Å². The van der Waals surface area contributed by atoms with Crippen molar-refractivity contribution in [1.82, 2.24) is 0 Å². The molecule has 0 aromatic carbocycles. The van der Waals surface area contributed by atoms with Gasteiger partial charge in [-0.25, -0.2) is 0 Å². The van der Waals surface area contributed by atoms with E-state index >= 15 is 0 Å². The first kappa shape index (κ1) is 13.5. The quantitative estimate of drug-likeness (QED) is 0.532. The van der Waals surface area contributed by atoms with Gasteiger partial charge in [0.15, 0.2) is 12.6 Å². The number of nitrogens with zero attached hydrogens (tertiary/aromatic N) is 1. The molecule has 0 radical (unpaired) electrons. The van der Waals surface area contributed by atoms with Gasteiger partial charge < -0.3 is 0 Å². The normalized spacial score (nSPS) is 13.6. The molecule has 0 aromatic rings. The maximum absolute atomic E-state index is 10.6. The van der Waals surface area contributed by atoms with Crippen LogP contribution >= 0.6 is 0 Å². The van der Waals surface area contributed by atoms with Crippen molar-refractivity contribution in [2.45, 2.75) is 26.3 Å². The van der Waals surface area contributed by atoms with Crippen LogP contribution in [0, 0.1) is 0 Å². The summed E-state index contributed by atoms with van der Waals surface area (Å²) in [6.07, 6.45) is 0.0840. The number of hydrogen-bond donors (Lipinski definition) is 1. The van der Waals surface area contributed by atoms with E-state index in [1.165, 1.54) is 0 Å². The second kappa shape index (κ2) is 5.42. The third-order valence-electron chi connectivity index (χ3n) is 1.79. The van der Waals surface area contributed by atoms with Crippen molar-refractivity contribution in [2.24, 2.45) is 0 Å². The summed E-state index contributed by atoms with van der Waals surface area (Å²) in [6, 6.07) is -0.430. The van der Waals surface area contributed by atoms with E-state index in [0.717, 1.165) is 3.95 Å². The van der Waals surface area contributed by atoms with Crippen molar-refractivity contribution in [3.8, 4) is 0 Å². The lowest BCUT2D eigenvalue weighted by Gasteiger charge is -2.03. The summed E-state index contributed by atoms with van der Waals surface area (Å²) < 4.78 is 51.6. The van der Waals surface area contributed by atoms with Gasteiger partial charge >= 0.3 is 10.5 Å². The lowest BCUT2D eigenvalue weighted by atomic mass is 10.3. The van der Waals surface area contributed by atoms with E-state index in [9.17, 15) is 16.8 Å². The number of rotatable bonds is 5. The van der Waals surface area contributed by atoms with E-state index < -0.39 is 32.4 Å². The van der Waals surface area contributed by atoms with Gasteiger partial charge in [0.1, 0.15) is 0 Å². The minimum absolute atomic E-state index is 0.0840. The Balaban J connectivity index is 4.51. The van der Waals surface area contributed by atoms with Gasteiger partial charge in [0, 0.05) is 6.42 Å². The van der Waals surface area contributed by atoms with Crippen molar-refractivity contribution >= 4 is 20.6 Å². The molecule has 0 aliphatic heterocycles. The summed E-state index contributed by atoms with van der Waals surface area (Å²) >= 11 is 0. The SMILES string of the molecule is CC[N+](C(C)CCS(=O)(=O)O)=S(=O)=O. The largest absolute Gasteiger partial charge is 0.459 e. The second-order valence-electron chi connectivity index (χ2n) is 2.87. The Labute approximate surface area is 85.0 Å². The third kappa shape index (κ3) is 5.30. The van der Waals surface area contributed by atoms with Gasteiger partial charge in [-0.2, -0.15) is 8.42 Å². The standard InChI is InChI=1S/C6H13NO5S2/c1-3-7(13(8)9)6(2)4-5-14(10,11)12/h6H,3-5H2,1-2H3/p+1. The van der Waals surface area contributed by atoms with Crippen LogP contribution in [0.5, 0.6) is 0 Å². The van der Waals surface area contributed by atoms with Crippen LogP contribution < -0.4 is 0 Å². The van der Waals surface area contributed by atoms with E-state index in [1.54, 1.807) is 13.8 Å². The maximum atomic E-state index is 10.6. The summed E-state index contributed by atoms with van der Waals surface area (Å²) in [7, 11) is -6.37. The maximum Gasteiger partial charge on any atom is 0.459 e. The first-order valence-electron chi connectivity index (χ1n) is 4.09. The predicted molar refractivity (Wildman–Crippen MR) is 50.2 cm³/mol. The highest BCUT2D eigenvalue weighted by molar-refractivity contribution is 7.85. The number of hydrogen-bond acceptors (Lipinski definition) is 4. The lowest BCUT2D eigenvalue weighted by molar-refractivity contribution is -0.536. The third-order valence-corrected chi connectivity index (χ3v) is 3.54. The first-order chi connectivity index (χ1) is 6.28. The molecule has 84 valence electrons. The fourth-order valence-corrected chi connectivity index (χ4v) is 2.28. The van der Waals surface area contributed by atoms with Crippen LogP contribution in [0.1, 0.15) is 20.3 Å². The van der Waals surface area contributed by atoms with E-state index in [-0.39, 0.29) is 13.0 Å². The zero-order valence-corrected chi connectivity index (χ0v) is 9.68. The van der Waals surface area contributed by atoms with Gasteiger partial charge in [-0.05, 0) is 13.8 Å². The predicted octanol–water partition coefficient (Wildman–Crippen LogP) is -0.252. The molecule has 0 saturated heterocycles. The van der Waals surface area contributed by atoms with Crippen LogP contribution in [0.2, 0.25) is 0 Å². The Bertz CT molecular complexity index is 400. The molecule has 0 saturated carbocycles. The molecule has 0 heterocycles. The molecule has 6 nitrogen and oxygen atoms in total. The average Bonchev–Trinajstić information content (AvgIpc) is 2.00. The highest BCUT2D eigenvalue weighted by Gasteiger charge is 2.19. The zero-order valence-electron chi connectivity index (χ0n) is 8.04. The zero-order chi connectivity index (χ0) is 11.4. The summed E-state index contributed by atoms with van der Waals surface area (Å²) in [5, 5.41) is 0. The van der Waals surface area contributed by atoms with Gasteiger partial charge in [0.2, 0.25) is 0 Å². The summed E-state index contributed by atoms with van der Waals surface area (Å²) in [4.78, 5) is 0. The molecule has 1 N–H and O–H groups in total. The molecule has 0 aromatic heterocycles. The molecule has 1 unspecified atom stereocenters. The molecule has 14 heavy (non-hydrogen) atoms. The molecule has 1 atom stereocenters. The molecule has 0 bridgehead atoms. The van der Waals surface area contributed by atoms with Gasteiger partial charge in [-0.15, -0.1) is 12.4 Å². The molecule has 0 rings (SSSR count). The first-order valence-corrected chi connectivity index (χ1v) is 6.73. The Morgan fingerprint density at radius 3 is 2.21 bits per heavy atom. The van der Waals surface area contributed by atoms with Crippen LogP contribution in [0.25, 0.3) is 0 Å². The molecular weight excluding hydrogens is 230 g/mol. The summed E-state index contributed by atoms with van der Waals surface area (Å²) in [5.41, 5.74) is 0. The van der Waals surface area contributed by atoms with E-state index in [2.05, 4.69) is 0 Å². The molecule has 0 spiro atoms. The molecule has 0 aliphatic rings. The summed E-state index contributed by atoms with van der Waals surface area (Å²) in [6.45, 7) is 3.52. The average molecular weight is 244 g/mol. The van der Waals surface area contributed by atoms with E-state index in [4.69, 9.17) is 4.55 Å². The van der Waals surface area contributed by atoms with Gasteiger partial charge in [-0.1, -0.05) is 0 Å². The van der Waals surface area contributed by atoms with E-state index in [0.29, 0.717) is 0 Å². The fourth-order valence-electron chi connectivity index (χ4n) is 1.03. The topological polar surface area (TPSA) is 91.5 Å². The van der Waals surface area contributed by atoms with E-state index in [1.807, 2.05) is 0 Å². The lowest BCUT2D eigenvalue weighted by Crippen LogP contribution is -2.25. The Morgan fingerprint density at radius 2 is 1.93 bits per heavy atom. The fraction of sp³-hybridized carbons (Fsp3) is 1.00. The minimum Gasteiger partial charge on any atom is -0.286 e. The Kier molecular flexibility index (Phi) is 5.24. The van der Waals surface area contributed by atoms with Crippen LogP contribution in [0.4, 0.5) is 0 Å². The van der Waals surface area contributed by atoms with Crippen LogP contribution in [-0.4, -0.2) is 43.7 Å². The smallest absolute Gasteiger partial charge is 0.286 e. The van der Waals surface area contributed by atoms with Crippen molar-refractivity contribution in [3.05, 3.63) is 0 Å². The van der Waals surface area contributed by atoms with Crippen LogP contribution in [0.15, 0.2) is 0 Å². The second-order valence-corrected chi connectivity index (χ2v) is 5.35. The molecular formula is C6H14NO5S2+. The van der Waals surface area contributed by atoms with Crippen molar-refractivity contribution in [3.63, 3.8) is 0 Å². The summed E-state index contributed by atoms with van der Waals surface area (Å²) in [5.74, 6) is -0.429. The molecule has 8 heteroatoms. The van der Waals surface area contributed by atoms with Crippen molar-refractivity contribution < 1.29 is 25.3 Å². The van der Waals surface area contributed by atoms with Crippen LogP contribution in [-0.2, 0) is 20.6 Å². The highest BCUT2D eigenvalue weighted by atomic mass is 32.2. The van der Waals surface area contributed by atoms with Crippen LogP contribution in [0.3, 0.4) is 0 Å². The molecule has 0 fully saturated rings. The monoisotopic (exact) mass is 244 g/mol. The van der Waals surface area contributed by atoms with Crippen molar-refractivity contribution in [2.75, 3.05) is 12.3 Å². The van der Waals surface area contributed by atoms with Gasteiger partial charge in [0.25, 0.3) is 10.1 Å². The highest BCUT2D eigenvalue weighted by Crippen LogP contribution is 1.99. The molecule has 0 amide bonds. The van der Waals surface area contributed by atoms with Gasteiger partial charge in [0.05, 0.1) is 5.75 Å².